The maximum atomic E-state index is 13.3. The molecule has 2 atom stereocenters. The fourth-order valence-electron chi connectivity index (χ4n) is 3.68. The number of benzene rings is 2. The van der Waals surface area contributed by atoms with Gasteiger partial charge < -0.3 is 24.8 Å². The number of imide groups is 1. The van der Waals surface area contributed by atoms with Crippen molar-refractivity contribution in [3.8, 4) is 17.2 Å². The Morgan fingerprint density at radius 3 is 2.22 bits per heavy atom. The average Bonchev–Trinajstić information content (AvgIpc) is 3.01. The summed E-state index contributed by atoms with van der Waals surface area (Å²) < 4.78 is 15.7. The van der Waals surface area contributed by atoms with Crippen LogP contribution in [0.3, 0.4) is 0 Å². The number of rotatable bonds is 7. The normalized spacial score (nSPS) is 18.8. The highest BCUT2D eigenvalue weighted by atomic mass is 16.5. The van der Waals surface area contributed by atoms with E-state index in [-0.39, 0.29) is 0 Å². The summed E-state index contributed by atoms with van der Waals surface area (Å²) in [4.78, 5) is 39.8. The van der Waals surface area contributed by atoms with Crippen LogP contribution in [-0.2, 0) is 15.1 Å². The number of nitrogens with one attached hydrogen (secondary N) is 2. The third kappa shape index (κ3) is 3.93. The first-order valence-corrected chi connectivity index (χ1v) is 10.00. The van der Waals surface area contributed by atoms with E-state index in [1.54, 1.807) is 50.4 Å². The van der Waals surface area contributed by atoms with E-state index in [0.29, 0.717) is 28.5 Å². The van der Waals surface area contributed by atoms with Crippen molar-refractivity contribution in [3.63, 3.8) is 0 Å². The van der Waals surface area contributed by atoms with Crippen LogP contribution in [0.5, 0.6) is 17.2 Å². The maximum absolute atomic E-state index is 13.3. The highest BCUT2D eigenvalue weighted by molar-refractivity contribution is 6.11. The van der Waals surface area contributed by atoms with E-state index < -0.39 is 29.4 Å². The molecule has 0 spiro atoms. The zero-order chi connectivity index (χ0) is 23.6. The van der Waals surface area contributed by atoms with Gasteiger partial charge in [0.25, 0.3) is 5.91 Å². The zero-order valence-electron chi connectivity index (χ0n) is 18.9. The van der Waals surface area contributed by atoms with E-state index in [2.05, 4.69) is 10.6 Å². The van der Waals surface area contributed by atoms with E-state index in [9.17, 15) is 14.4 Å². The molecule has 4 amide bonds. The number of amides is 4. The molecule has 1 aliphatic heterocycles. The molecule has 0 bridgehead atoms. The van der Waals surface area contributed by atoms with Crippen molar-refractivity contribution < 1.29 is 28.6 Å². The Bertz CT molecular complexity index is 1070. The molecule has 2 N–H and O–H groups in total. The van der Waals surface area contributed by atoms with Crippen LogP contribution in [0.15, 0.2) is 36.4 Å². The smallest absolute Gasteiger partial charge is 0.326 e. The van der Waals surface area contributed by atoms with Crippen LogP contribution in [-0.4, -0.2) is 50.1 Å². The van der Waals surface area contributed by atoms with Gasteiger partial charge in [0.1, 0.15) is 17.3 Å². The number of hydrogen-bond donors (Lipinski definition) is 2. The van der Waals surface area contributed by atoms with E-state index in [1.807, 2.05) is 6.92 Å². The highest BCUT2D eigenvalue weighted by Crippen LogP contribution is 2.33. The second-order valence-electron chi connectivity index (χ2n) is 7.65. The molecular weight excluding hydrogens is 414 g/mol. The van der Waals surface area contributed by atoms with Gasteiger partial charge in [-0.3, -0.25) is 9.59 Å². The molecule has 1 aliphatic rings. The fourth-order valence-corrected chi connectivity index (χ4v) is 3.68. The Hall–Kier alpha value is -3.75. The summed E-state index contributed by atoms with van der Waals surface area (Å²) in [5, 5.41) is 5.44. The van der Waals surface area contributed by atoms with Crippen molar-refractivity contribution >= 4 is 23.5 Å². The predicted octanol–water partition coefficient (Wildman–Crippen LogP) is 2.82. The van der Waals surface area contributed by atoms with Crippen LogP contribution in [0.4, 0.5) is 10.5 Å². The van der Waals surface area contributed by atoms with Gasteiger partial charge >= 0.3 is 6.03 Å². The molecule has 9 nitrogen and oxygen atoms in total. The number of anilines is 1. The Morgan fingerprint density at radius 2 is 1.62 bits per heavy atom. The number of aryl methyl sites for hydroxylation is 1. The van der Waals surface area contributed by atoms with Crippen LogP contribution < -0.4 is 24.8 Å². The Balaban J connectivity index is 1.82. The second-order valence-corrected chi connectivity index (χ2v) is 7.65. The second kappa shape index (κ2) is 8.78. The van der Waals surface area contributed by atoms with Crippen LogP contribution in [0.25, 0.3) is 0 Å². The number of methoxy groups -OCH3 is 3. The van der Waals surface area contributed by atoms with Gasteiger partial charge in [0, 0.05) is 11.8 Å². The lowest BCUT2D eigenvalue weighted by Gasteiger charge is -2.25. The molecule has 3 rings (SSSR count). The first-order valence-electron chi connectivity index (χ1n) is 10.00. The first kappa shape index (κ1) is 22.9. The summed E-state index contributed by atoms with van der Waals surface area (Å²) >= 11 is 0. The summed E-state index contributed by atoms with van der Waals surface area (Å²) in [5.74, 6) is 0.597. The van der Waals surface area contributed by atoms with E-state index >= 15 is 0 Å². The number of carbonyl (C=O) groups is 3. The number of carbonyl (C=O) groups excluding carboxylic acids is 3. The lowest BCUT2D eigenvalue weighted by atomic mass is 9.90. The van der Waals surface area contributed by atoms with Gasteiger partial charge in [0.05, 0.1) is 21.3 Å². The molecule has 1 saturated heterocycles. The molecular formula is C23H27N3O6. The molecule has 0 radical (unpaired) electrons. The van der Waals surface area contributed by atoms with Crippen molar-refractivity contribution in [3.05, 3.63) is 47.5 Å². The van der Waals surface area contributed by atoms with Crippen LogP contribution in [0.2, 0.25) is 0 Å². The maximum Gasteiger partial charge on any atom is 0.326 e. The zero-order valence-corrected chi connectivity index (χ0v) is 18.9. The Kier molecular flexibility index (Phi) is 6.29. The molecule has 170 valence electrons. The first-order chi connectivity index (χ1) is 15.2. The topological polar surface area (TPSA) is 106 Å². The fraction of sp³-hybridized carbons (Fsp3) is 0.348. The number of ether oxygens (including phenoxy) is 3. The molecule has 32 heavy (non-hydrogen) atoms. The standard InChI is InChI=1S/C23H27N3O6/c1-13-11-15(7-9-17(13)30-4)23(3)21(28)26(22(29)25-23)14(2)20(27)24-16-8-10-18(31-5)19(12-16)32-6/h7-12,14H,1-6H3,(H,24,27)(H,25,29). The van der Waals surface area contributed by atoms with Crippen LogP contribution in [0, 0.1) is 6.92 Å². The minimum Gasteiger partial charge on any atom is -0.496 e. The van der Waals surface area contributed by atoms with Gasteiger partial charge in [-0.15, -0.1) is 0 Å². The minimum absolute atomic E-state index is 0.440. The largest absolute Gasteiger partial charge is 0.496 e. The number of hydrogen-bond acceptors (Lipinski definition) is 6. The predicted molar refractivity (Wildman–Crippen MR) is 118 cm³/mol. The monoisotopic (exact) mass is 441 g/mol. The van der Waals surface area contributed by atoms with Gasteiger partial charge in [-0.25, -0.2) is 9.69 Å². The van der Waals surface area contributed by atoms with Crippen molar-refractivity contribution in [2.24, 2.45) is 0 Å². The third-order valence-electron chi connectivity index (χ3n) is 5.61. The van der Waals surface area contributed by atoms with E-state index in [1.165, 1.54) is 21.1 Å². The van der Waals surface area contributed by atoms with Crippen LogP contribution >= 0.6 is 0 Å². The number of nitrogens with zero attached hydrogens (tertiary/aromatic N) is 1. The Morgan fingerprint density at radius 1 is 1.00 bits per heavy atom. The summed E-state index contributed by atoms with van der Waals surface area (Å²) in [7, 11) is 4.56. The minimum atomic E-state index is -1.30. The van der Waals surface area contributed by atoms with Crippen molar-refractivity contribution in [2.45, 2.75) is 32.4 Å². The molecule has 1 fully saturated rings. The van der Waals surface area contributed by atoms with Gasteiger partial charge in [0.15, 0.2) is 11.5 Å². The van der Waals surface area contributed by atoms with Gasteiger partial charge in [-0.05, 0) is 56.2 Å². The highest BCUT2D eigenvalue weighted by Gasteiger charge is 2.51. The van der Waals surface area contributed by atoms with Crippen molar-refractivity contribution in [2.75, 3.05) is 26.6 Å². The average molecular weight is 441 g/mol. The van der Waals surface area contributed by atoms with Gasteiger partial charge in [-0.1, -0.05) is 6.07 Å². The summed E-state index contributed by atoms with van der Waals surface area (Å²) in [5.41, 5.74) is 0.571. The van der Waals surface area contributed by atoms with E-state index in [4.69, 9.17) is 14.2 Å². The molecule has 2 aromatic carbocycles. The Labute approximate surface area is 186 Å². The lowest BCUT2D eigenvalue weighted by Crippen LogP contribution is -2.47. The number of urea groups is 1. The lowest BCUT2D eigenvalue weighted by molar-refractivity contribution is -0.136. The quantitative estimate of drug-likeness (QED) is 0.640. The SMILES string of the molecule is COc1ccc(C2(C)NC(=O)N(C(C)C(=O)Nc3ccc(OC)c(OC)c3)C2=O)cc1C. The summed E-state index contributed by atoms with van der Waals surface area (Å²) in [6, 6.07) is 8.46. The van der Waals surface area contributed by atoms with Gasteiger partial charge in [-0.2, -0.15) is 0 Å². The molecule has 2 unspecified atom stereocenters. The summed E-state index contributed by atoms with van der Waals surface area (Å²) in [6.45, 7) is 4.97. The van der Waals surface area contributed by atoms with Gasteiger partial charge in [0.2, 0.25) is 5.91 Å². The molecule has 9 heteroatoms. The van der Waals surface area contributed by atoms with E-state index in [0.717, 1.165) is 10.5 Å². The molecule has 2 aromatic rings. The van der Waals surface area contributed by atoms with Crippen molar-refractivity contribution in [1.82, 2.24) is 10.2 Å². The van der Waals surface area contributed by atoms with Crippen LogP contribution in [0.1, 0.15) is 25.0 Å². The third-order valence-corrected chi connectivity index (χ3v) is 5.61. The molecule has 0 aliphatic carbocycles. The molecule has 1 heterocycles. The summed E-state index contributed by atoms with van der Waals surface area (Å²) in [6.07, 6.45) is 0. The molecule has 0 aromatic heterocycles. The molecule has 0 saturated carbocycles. The van der Waals surface area contributed by atoms with Crippen molar-refractivity contribution in [1.29, 1.82) is 0 Å².